The van der Waals surface area contributed by atoms with Gasteiger partial charge in [-0.2, -0.15) is 18.4 Å². The molecule has 14 atom stereocenters. The number of nitrogens with zero attached hydrogens (tertiary/aromatic N) is 2. The number of ether oxygens (including phenoxy) is 6. The van der Waals surface area contributed by atoms with Crippen molar-refractivity contribution in [2.24, 2.45) is 34.7 Å². The van der Waals surface area contributed by atoms with Crippen molar-refractivity contribution in [3.8, 4) is 0 Å². The molecule has 16 heteroatoms. The third-order valence-corrected chi connectivity index (χ3v) is 13.6. The molecule has 0 saturated carbocycles. The molecule has 4 saturated heterocycles. The molecular formula is C40H61N3O12S. The molecule has 0 aliphatic carbocycles. The van der Waals surface area contributed by atoms with E-state index in [-0.39, 0.29) is 54.6 Å². The van der Waals surface area contributed by atoms with Crippen molar-refractivity contribution < 1.29 is 56.3 Å². The van der Waals surface area contributed by atoms with Gasteiger partial charge in [-0.1, -0.05) is 45.9 Å². The fourth-order valence-corrected chi connectivity index (χ4v) is 10.1. The number of rotatable bonds is 7. The number of likely N-dealkylation sites (N-methyl/N-ethyl adjacent to an activating group) is 1. The van der Waals surface area contributed by atoms with E-state index in [0.717, 1.165) is 0 Å². The van der Waals surface area contributed by atoms with Crippen molar-refractivity contribution in [3.63, 3.8) is 0 Å². The van der Waals surface area contributed by atoms with Gasteiger partial charge in [0.15, 0.2) is 6.29 Å². The topological polar surface area (TPSA) is 189 Å². The van der Waals surface area contributed by atoms with Crippen LogP contribution in [0, 0.1) is 29.6 Å². The highest BCUT2D eigenvalue weighted by molar-refractivity contribution is 7.89. The number of aliphatic hydroxyl groups is 1. The Morgan fingerprint density at radius 2 is 1.70 bits per heavy atom. The number of cyclic esters (lactones) is 1. The van der Waals surface area contributed by atoms with Crippen LogP contribution in [0.3, 0.4) is 0 Å². The molecule has 4 aliphatic rings. The number of ketones is 1. The fraction of sp³-hybridized carbons (Fsp3) is 0.750. The molecule has 0 radical (unpaired) electrons. The normalized spacial score (nSPS) is 41.2. The van der Waals surface area contributed by atoms with E-state index in [2.05, 4.69) is 9.93 Å². The van der Waals surface area contributed by atoms with Crippen molar-refractivity contribution in [1.29, 1.82) is 0 Å². The molecule has 1 aromatic rings. The molecule has 314 valence electrons. The van der Waals surface area contributed by atoms with Gasteiger partial charge in [0.25, 0.3) is 10.0 Å². The van der Waals surface area contributed by atoms with E-state index in [4.69, 9.17) is 28.4 Å². The zero-order chi connectivity index (χ0) is 41.3. The van der Waals surface area contributed by atoms with Crippen molar-refractivity contribution in [2.75, 3.05) is 27.3 Å². The maximum absolute atomic E-state index is 14.5. The number of hydrazone groups is 1. The number of carbonyl (C=O) groups excluding carboxylic acids is 3. The quantitative estimate of drug-likeness (QED) is 0.302. The Morgan fingerprint density at radius 3 is 2.34 bits per heavy atom. The van der Waals surface area contributed by atoms with E-state index < -0.39 is 93.5 Å². The molecule has 0 amide bonds. The van der Waals surface area contributed by atoms with Gasteiger partial charge in [-0.25, -0.2) is 0 Å². The first-order chi connectivity index (χ1) is 26.2. The predicted molar refractivity (Wildman–Crippen MR) is 205 cm³/mol. The minimum Gasteiger partial charge on any atom is -0.458 e. The predicted octanol–water partition coefficient (Wildman–Crippen LogP) is 3.47. The van der Waals surface area contributed by atoms with Crippen LogP contribution >= 0.6 is 0 Å². The van der Waals surface area contributed by atoms with Gasteiger partial charge in [0.1, 0.15) is 23.6 Å². The van der Waals surface area contributed by atoms with E-state index >= 15 is 0 Å². The van der Waals surface area contributed by atoms with Crippen LogP contribution in [0.5, 0.6) is 0 Å². The maximum Gasteiger partial charge on any atom is 0.311 e. The largest absolute Gasteiger partial charge is 0.458 e. The van der Waals surface area contributed by atoms with E-state index in [1.807, 2.05) is 39.8 Å². The molecule has 5 rings (SSSR count). The molecule has 0 spiro atoms. The number of Topliss-reactive ketones (excluding diaryl/α,β-unsaturated/α-hetero) is 1. The van der Waals surface area contributed by atoms with Gasteiger partial charge in [-0.15, -0.1) is 0 Å². The molecule has 4 aliphatic heterocycles. The molecule has 1 aromatic carbocycles. The van der Waals surface area contributed by atoms with E-state index in [9.17, 15) is 27.9 Å². The highest BCUT2D eigenvalue weighted by Crippen LogP contribution is 2.46. The Bertz CT molecular complexity index is 1710. The summed E-state index contributed by atoms with van der Waals surface area (Å²) in [5.74, 6) is -4.75. The summed E-state index contributed by atoms with van der Waals surface area (Å²) in [5, 5.41) is 15.9. The summed E-state index contributed by atoms with van der Waals surface area (Å²) >= 11 is 0. The van der Waals surface area contributed by atoms with Crippen LogP contribution in [0.2, 0.25) is 0 Å². The Morgan fingerprint density at radius 1 is 1.02 bits per heavy atom. The average Bonchev–Trinajstić information content (AvgIpc) is 3.48. The summed E-state index contributed by atoms with van der Waals surface area (Å²) in [4.78, 5) is 45.9. The van der Waals surface area contributed by atoms with Gasteiger partial charge >= 0.3 is 11.9 Å². The van der Waals surface area contributed by atoms with Gasteiger partial charge in [-0.05, 0) is 73.2 Å². The van der Waals surface area contributed by atoms with E-state index in [1.165, 1.54) is 12.1 Å². The first kappa shape index (κ1) is 44.1. The number of benzene rings is 1. The molecule has 4 fully saturated rings. The summed E-state index contributed by atoms with van der Waals surface area (Å²) in [6.45, 7) is 13.9. The number of aliphatic hydroxyl groups excluding tert-OH is 1. The number of nitrogens with one attached hydrogen (secondary N) is 1. The average molecular weight is 808 g/mol. The SMILES string of the molecule is CC[C@H]1OC(=O)[C@H](C)[C@H]2OC/C(=N/NS(=O)(=O)c3ccccc3)CO[C@](C)(C[C@@H](C)C(=O)[C@H](C)[C@@H]3CC(=O)O[C@]13C)[C@H](O[C@@H]1O[C@H](C)C[C@H](N(C)C)[C@H]1O)[C@H]2C. The first-order valence-electron chi connectivity index (χ1n) is 19.7. The summed E-state index contributed by atoms with van der Waals surface area (Å²) < 4.78 is 64.9. The smallest absolute Gasteiger partial charge is 0.311 e. The maximum atomic E-state index is 14.5. The molecule has 15 nitrogen and oxygen atoms in total. The van der Waals surface area contributed by atoms with Crippen molar-refractivity contribution >= 4 is 33.5 Å². The van der Waals surface area contributed by atoms with Crippen LogP contribution in [-0.2, 0) is 52.8 Å². The Hall–Kier alpha value is -2.99. The monoisotopic (exact) mass is 807 g/mol. The first-order valence-corrected chi connectivity index (χ1v) is 21.2. The lowest BCUT2D eigenvalue weighted by molar-refractivity contribution is -0.302. The fourth-order valence-electron chi connectivity index (χ4n) is 9.19. The molecule has 56 heavy (non-hydrogen) atoms. The van der Waals surface area contributed by atoms with Gasteiger partial charge in [-0.3, -0.25) is 14.4 Å². The van der Waals surface area contributed by atoms with E-state index in [0.29, 0.717) is 12.8 Å². The zero-order valence-electron chi connectivity index (χ0n) is 34.3. The highest BCUT2D eigenvalue weighted by Gasteiger charge is 2.57. The van der Waals surface area contributed by atoms with E-state index in [1.54, 1.807) is 52.8 Å². The lowest BCUT2D eigenvalue weighted by atomic mass is 9.70. The van der Waals surface area contributed by atoms with Crippen LogP contribution in [0.25, 0.3) is 0 Å². The van der Waals surface area contributed by atoms with Crippen LogP contribution in [0.15, 0.2) is 40.3 Å². The minimum absolute atomic E-state index is 0.00770. The molecular weight excluding hydrogens is 747 g/mol. The Kier molecular flexibility index (Phi) is 13.8. The number of esters is 2. The zero-order valence-corrected chi connectivity index (χ0v) is 35.1. The van der Waals surface area contributed by atoms with Crippen LogP contribution in [0.1, 0.15) is 81.1 Å². The number of hydrogen-bond donors (Lipinski definition) is 2. The van der Waals surface area contributed by atoms with Crippen molar-refractivity contribution in [2.45, 2.75) is 140 Å². The van der Waals surface area contributed by atoms with Crippen molar-refractivity contribution in [1.82, 2.24) is 9.73 Å². The lowest BCUT2D eigenvalue weighted by Gasteiger charge is -2.48. The summed E-state index contributed by atoms with van der Waals surface area (Å²) in [6, 6.07) is 7.49. The highest BCUT2D eigenvalue weighted by atomic mass is 32.2. The second kappa shape index (κ2) is 17.5. The number of carbonyl (C=O) groups is 3. The molecule has 0 aromatic heterocycles. The molecule has 2 bridgehead atoms. The number of hydrogen-bond acceptors (Lipinski definition) is 14. The summed E-state index contributed by atoms with van der Waals surface area (Å²) in [5.41, 5.74) is -2.44. The van der Waals surface area contributed by atoms with Gasteiger partial charge < -0.3 is 38.4 Å². The third-order valence-electron chi connectivity index (χ3n) is 12.4. The minimum atomic E-state index is -4.07. The molecule has 4 heterocycles. The van der Waals surface area contributed by atoms with Crippen molar-refractivity contribution in [3.05, 3.63) is 30.3 Å². The van der Waals surface area contributed by atoms with Crippen LogP contribution in [0.4, 0.5) is 0 Å². The second-order valence-electron chi connectivity index (χ2n) is 16.8. The standard InChI is InChI=1S/C40H61N3O12S/c1-11-31-40(8)29(18-32(44)55-40)24(4)33(45)22(2)19-39(7)36(54-38-34(46)30(43(9)10)17-23(3)52-38)25(5)35(26(6)37(47)53-31)50-20-27(21-51-39)41-42-56(48,49)28-15-13-12-14-16-28/h12-16,22-26,29-31,34-36,38,42,46H,11,17-21H2,1-10H3/b41-27-/t22-,23-,24-,25+,26-,29+,30+,31-,34-,35+,36-,38+,39-,40+/m1/s1. The van der Waals surface area contributed by atoms with Gasteiger partial charge in [0.2, 0.25) is 0 Å². The van der Waals surface area contributed by atoms with Crippen LogP contribution < -0.4 is 4.83 Å². The molecule has 0 unspecified atom stereocenters. The second-order valence-corrected chi connectivity index (χ2v) is 18.5. The third kappa shape index (κ3) is 9.16. The van der Waals surface area contributed by atoms with Crippen LogP contribution in [-0.4, -0.2) is 123 Å². The Balaban J connectivity index is 1.63. The lowest BCUT2D eigenvalue weighted by Crippen LogP contribution is -2.60. The molecule has 2 N–H and O–H groups in total. The Labute approximate surface area is 331 Å². The summed E-state index contributed by atoms with van der Waals surface area (Å²) in [7, 11) is -0.321. The van der Waals surface area contributed by atoms with Gasteiger partial charge in [0.05, 0.1) is 60.1 Å². The number of fused-ring (bicyclic) bond motifs is 4. The summed E-state index contributed by atoms with van der Waals surface area (Å²) in [6.07, 6.45) is -4.28. The number of sulfonamides is 1. The van der Waals surface area contributed by atoms with Gasteiger partial charge in [0, 0.05) is 29.7 Å².